The SMILES string of the molecule is NCCCC[C@H](NC(=O)c1ccc(=O)[nH]c1)C(=O)N[C@H](CCC(=O)N1[C@H](C(=O)O)C[C@@H]2CCCC[C@@H]21)C(=O)O. The number of aromatic nitrogens is 1. The summed E-state index contributed by atoms with van der Waals surface area (Å²) >= 11 is 0. The van der Waals surface area contributed by atoms with Crippen molar-refractivity contribution in [2.75, 3.05) is 6.54 Å². The summed E-state index contributed by atoms with van der Waals surface area (Å²) in [4.78, 5) is 77.7. The van der Waals surface area contributed by atoms with Gasteiger partial charge in [-0.05, 0) is 63.5 Å². The summed E-state index contributed by atoms with van der Waals surface area (Å²) in [6.07, 6.45) is 5.87. The number of likely N-dealkylation sites (tertiary alicyclic amines) is 1. The lowest BCUT2D eigenvalue weighted by Gasteiger charge is -2.33. The highest BCUT2D eigenvalue weighted by Gasteiger charge is 2.47. The highest BCUT2D eigenvalue weighted by molar-refractivity contribution is 5.98. The van der Waals surface area contributed by atoms with Crippen molar-refractivity contribution in [3.05, 3.63) is 34.2 Å². The number of nitrogens with zero attached hydrogens (tertiary/aromatic N) is 1. The number of hydrogen-bond donors (Lipinski definition) is 6. The highest BCUT2D eigenvalue weighted by Crippen LogP contribution is 2.40. The Hall–Kier alpha value is -3.74. The van der Waals surface area contributed by atoms with E-state index in [1.54, 1.807) is 0 Å². The summed E-state index contributed by atoms with van der Waals surface area (Å²) in [6, 6.07) is -1.13. The second kappa shape index (κ2) is 13.9. The Bertz CT molecular complexity index is 1100. The lowest BCUT2D eigenvalue weighted by Crippen LogP contribution is -2.52. The van der Waals surface area contributed by atoms with Gasteiger partial charge in [-0.15, -0.1) is 0 Å². The van der Waals surface area contributed by atoms with Gasteiger partial charge in [0.25, 0.3) is 5.91 Å². The Balaban J connectivity index is 1.65. The molecule has 13 heteroatoms. The molecule has 0 spiro atoms. The van der Waals surface area contributed by atoms with E-state index in [0.717, 1.165) is 25.7 Å². The van der Waals surface area contributed by atoms with E-state index in [-0.39, 0.29) is 36.8 Å². The van der Waals surface area contributed by atoms with Crippen molar-refractivity contribution in [2.24, 2.45) is 11.7 Å². The van der Waals surface area contributed by atoms with Gasteiger partial charge in [0, 0.05) is 24.7 Å². The van der Waals surface area contributed by atoms with Crippen molar-refractivity contribution in [3.63, 3.8) is 0 Å². The maximum absolute atomic E-state index is 13.1. The van der Waals surface area contributed by atoms with Crippen LogP contribution in [0.5, 0.6) is 0 Å². The van der Waals surface area contributed by atoms with Crippen molar-refractivity contribution in [1.29, 1.82) is 0 Å². The zero-order chi connectivity index (χ0) is 28.5. The number of carboxylic acids is 2. The van der Waals surface area contributed by atoms with Gasteiger partial charge in [0.1, 0.15) is 18.1 Å². The van der Waals surface area contributed by atoms with Gasteiger partial charge in [-0.1, -0.05) is 12.8 Å². The number of rotatable bonds is 13. The van der Waals surface area contributed by atoms with Crippen LogP contribution in [0.15, 0.2) is 23.1 Å². The minimum atomic E-state index is -1.42. The lowest BCUT2D eigenvalue weighted by atomic mass is 9.84. The van der Waals surface area contributed by atoms with E-state index in [9.17, 15) is 39.0 Å². The molecular formula is C26H37N5O8. The monoisotopic (exact) mass is 547 g/mol. The second-order valence-corrected chi connectivity index (χ2v) is 10.2. The number of pyridine rings is 1. The van der Waals surface area contributed by atoms with Crippen molar-refractivity contribution >= 4 is 29.7 Å². The van der Waals surface area contributed by atoms with Gasteiger partial charge in [0.05, 0.1) is 5.56 Å². The Kier molecular flexibility index (Phi) is 10.6. The van der Waals surface area contributed by atoms with E-state index in [1.807, 2.05) is 0 Å². The zero-order valence-electron chi connectivity index (χ0n) is 21.8. The predicted octanol–water partition coefficient (Wildman–Crippen LogP) is 0.196. The molecule has 214 valence electrons. The molecular weight excluding hydrogens is 510 g/mol. The Labute approximate surface area is 225 Å². The number of fused-ring (bicyclic) bond motifs is 1. The molecule has 1 saturated heterocycles. The summed E-state index contributed by atoms with van der Waals surface area (Å²) < 4.78 is 0. The summed E-state index contributed by atoms with van der Waals surface area (Å²) in [5.41, 5.74) is 5.25. The number of aliphatic carboxylic acids is 2. The first-order valence-electron chi connectivity index (χ1n) is 13.4. The van der Waals surface area contributed by atoms with Gasteiger partial charge in [0.2, 0.25) is 17.4 Å². The molecule has 1 aliphatic carbocycles. The number of nitrogens with one attached hydrogen (secondary N) is 3. The molecule has 2 heterocycles. The number of nitrogens with two attached hydrogens (primary N) is 1. The maximum Gasteiger partial charge on any atom is 0.326 e. The van der Waals surface area contributed by atoms with E-state index in [1.165, 1.54) is 23.2 Å². The molecule has 3 amide bonds. The van der Waals surface area contributed by atoms with Crippen LogP contribution in [-0.4, -0.2) is 80.5 Å². The number of amides is 3. The predicted molar refractivity (Wildman–Crippen MR) is 139 cm³/mol. The molecule has 2 aliphatic rings. The summed E-state index contributed by atoms with van der Waals surface area (Å²) in [5, 5.41) is 24.4. The van der Waals surface area contributed by atoms with Crippen LogP contribution in [0.3, 0.4) is 0 Å². The minimum Gasteiger partial charge on any atom is -0.480 e. The molecule has 1 aromatic rings. The van der Waals surface area contributed by atoms with E-state index in [4.69, 9.17) is 5.73 Å². The molecule has 1 aromatic heterocycles. The normalized spacial score (nSPS) is 21.9. The van der Waals surface area contributed by atoms with Gasteiger partial charge in [-0.2, -0.15) is 0 Å². The third-order valence-corrected chi connectivity index (χ3v) is 7.54. The van der Waals surface area contributed by atoms with Crippen molar-refractivity contribution in [2.45, 2.75) is 88.4 Å². The number of carbonyl (C=O) groups is 5. The number of aromatic amines is 1. The van der Waals surface area contributed by atoms with Gasteiger partial charge >= 0.3 is 11.9 Å². The fraction of sp³-hybridized carbons (Fsp3) is 0.615. The molecule has 0 unspecified atom stereocenters. The number of carbonyl (C=O) groups excluding carboxylic acids is 3. The van der Waals surface area contributed by atoms with Gasteiger partial charge in [-0.3, -0.25) is 19.2 Å². The van der Waals surface area contributed by atoms with Crippen LogP contribution < -0.4 is 21.9 Å². The van der Waals surface area contributed by atoms with Crippen molar-refractivity contribution in [1.82, 2.24) is 20.5 Å². The van der Waals surface area contributed by atoms with Crippen molar-refractivity contribution < 1.29 is 34.2 Å². The number of hydrogen-bond acceptors (Lipinski definition) is 7. The number of H-pyrrole nitrogens is 1. The molecule has 5 atom stereocenters. The highest BCUT2D eigenvalue weighted by atomic mass is 16.4. The molecule has 0 bridgehead atoms. The Morgan fingerprint density at radius 1 is 1.03 bits per heavy atom. The van der Waals surface area contributed by atoms with Crippen LogP contribution in [-0.2, 0) is 19.2 Å². The standard InChI is InChI=1S/C26H37N5O8/c27-12-4-3-6-17(29-23(34)16-8-10-21(32)28-14-16)24(35)30-18(25(36)37)9-11-22(33)31-19-7-2-1-5-15(19)13-20(31)26(38)39/h8,10,14-15,17-20H,1-7,9,11-13,27H2,(H,28,32)(H,29,34)(H,30,35)(H,36,37)(H,38,39)/t15-,17-,18+,19-,20-/m0/s1. The van der Waals surface area contributed by atoms with E-state index >= 15 is 0 Å². The molecule has 2 fully saturated rings. The van der Waals surface area contributed by atoms with E-state index in [0.29, 0.717) is 25.8 Å². The molecule has 0 radical (unpaired) electrons. The molecule has 7 N–H and O–H groups in total. The summed E-state index contributed by atoms with van der Waals surface area (Å²) in [6.45, 7) is 0.373. The van der Waals surface area contributed by atoms with Crippen LogP contribution in [0.2, 0.25) is 0 Å². The first kappa shape index (κ1) is 29.8. The topological polar surface area (TPSA) is 212 Å². The Morgan fingerprint density at radius 2 is 1.77 bits per heavy atom. The van der Waals surface area contributed by atoms with Crippen LogP contribution in [0.1, 0.15) is 74.6 Å². The van der Waals surface area contributed by atoms with Crippen LogP contribution in [0.25, 0.3) is 0 Å². The third kappa shape index (κ3) is 7.88. The average Bonchev–Trinajstić information content (AvgIpc) is 3.30. The molecule has 13 nitrogen and oxygen atoms in total. The van der Waals surface area contributed by atoms with Crippen LogP contribution >= 0.6 is 0 Å². The van der Waals surface area contributed by atoms with Gasteiger partial charge in [0.15, 0.2) is 0 Å². The number of unbranched alkanes of at least 4 members (excludes halogenated alkanes) is 1. The fourth-order valence-electron chi connectivity index (χ4n) is 5.52. The quantitative estimate of drug-likeness (QED) is 0.186. The van der Waals surface area contributed by atoms with Gasteiger partial charge in [-0.25, -0.2) is 9.59 Å². The molecule has 1 aliphatic heterocycles. The fourth-order valence-corrected chi connectivity index (χ4v) is 5.52. The van der Waals surface area contributed by atoms with Crippen molar-refractivity contribution in [3.8, 4) is 0 Å². The van der Waals surface area contributed by atoms with Crippen LogP contribution in [0, 0.1) is 5.92 Å². The second-order valence-electron chi connectivity index (χ2n) is 10.2. The summed E-state index contributed by atoms with van der Waals surface area (Å²) in [5.74, 6) is -4.10. The minimum absolute atomic E-state index is 0.117. The van der Waals surface area contributed by atoms with E-state index < -0.39 is 53.3 Å². The molecule has 1 saturated carbocycles. The molecule has 39 heavy (non-hydrogen) atoms. The average molecular weight is 548 g/mol. The third-order valence-electron chi connectivity index (χ3n) is 7.54. The maximum atomic E-state index is 13.1. The number of carboxylic acid groups (broad SMARTS) is 2. The summed E-state index contributed by atoms with van der Waals surface area (Å²) in [7, 11) is 0. The Morgan fingerprint density at radius 3 is 2.41 bits per heavy atom. The molecule has 0 aromatic carbocycles. The zero-order valence-corrected chi connectivity index (χ0v) is 21.8. The smallest absolute Gasteiger partial charge is 0.326 e. The first-order valence-corrected chi connectivity index (χ1v) is 13.4. The molecule has 3 rings (SSSR count). The van der Waals surface area contributed by atoms with Gasteiger partial charge < -0.3 is 36.5 Å². The lowest BCUT2D eigenvalue weighted by molar-refractivity contribution is -0.150. The van der Waals surface area contributed by atoms with E-state index in [2.05, 4.69) is 15.6 Å². The largest absolute Gasteiger partial charge is 0.480 e. The van der Waals surface area contributed by atoms with Crippen LogP contribution in [0.4, 0.5) is 0 Å². The first-order chi connectivity index (χ1) is 18.6.